The predicted octanol–water partition coefficient (Wildman–Crippen LogP) is 3.69. The highest BCUT2D eigenvalue weighted by molar-refractivity contribution is 7.99. The number of para-hydroxylation sites is 1. The second-order valence-electron chi connectivity index (χ2n) is 6.91. The van der Waals surface area contributed by atoms with Gasteiger partial charge in [0.15, 0.2) is 9.84 Å². The smallest absolute Gasteiger partial charge is 0.267 e. The third-order valence-electron chi connectivity index (χ3n) is 4.81. The Balaban J connectivity index is 1.77. The zero-order valence-corrected chi connectivity index (χ0v) is 18.2. The maximum absolute atomic E-state index is 12.8. The molecule has 156 valence electrons. The first-order valence-electron chi connectivity index (χ1n) is 9.63. The van der Waals surface area contributed by atoms with Gasteiger partial charge in [-0.2, -0.15) is 5.26 Å². The molecular weight excluding hydrogens is 418 g/mol. The van der Waals surface area contributed by atoms with Crippen molar-refractivity contribution in [2.75, 3.05) is 23.4 Å². The summed E-state index contributed by atoms with van der Waals surface area (Å²) in [5.41, 5.74) is 0.560. The Bertz CT molecular complexity index is 1080. The average molecular weight is 442 g/mol. The number of rotatable bonds is 7. The number of hydrogen-bond acceptors (Lipinski definition) is 6. The van der Waals surface area contributed by atoms with Crippen LogP contribution < -0.4 is 5.32 Å². The first-order valence-corrected chi connectivity index (χ1v) is 12.3. The Morgan fingerprint density at radius 2 is 1.93 bits per heavy atom. The van der Waals surface area contributed by atoms with E-state index >= 15 is 0 Å². The highest BCUT2D eigenvalue weighted by atomic mass is 32.2. The summed E-state index contributed by atoms with van der Waals surface area (Å²) in [5, 5.41) is 12.4. The zero-order valence-electron chi connectivity index (χ0n) is 16.6. The van der Waals surface area contributed by atoms with E-state index in [0.29, 0.717) is 18.7 Å². The summed E-state index contributed by atoms with van der Waals surface area (Å²) >= 11 is 1.52. The van der Waals surface area contributed by atoms with Crippen LogP contribution in [0.2, 0.25) is 0 Å². The number of hydrogen-bond donors (Lipinski definition) is 1. The number of sulfone groups is 1. The Hall–Kier alpha value is -2.76. The largest absolute Gasteiger partial charge is 0.372 e. The number of benzene rings is 2. The van der Waals surface area contributed by atoms with E-state index in [1.165, 1.54) is 18.0 Å². The van der Waals surface area contributed by atoms with Gasteiger partial charge in [-0.15, -0.1) is 0 Å². The van der Waals surface area contributed by atoms with Crippen molar-refractivity contribution in [1.82, 2.24) is 4.90 Å². The quantitative estimate of drug-likeness (QED) is 0.521. The van der Waals surface area contributed by atoms with E-state index < -0.39 is 15.7 Å². The SMILES string of the molecule is CCN(/C=C(/C#N)C(=O)Nc1ccccc1Sc1ccccc1)C1CCS(=O)(=O)C1. The lowest BCUT2D eigenvalue weighted by atomic mass is 10.2. The molecular formula is C22H23N3O3S2. The maximum atomic E-state index is 12.8. The number of nitrogens with zero attached hydrogens (tertiary/aromatic N) is 2. The number of nitriles is 1. The molecule has 8 heteroatoms. The van der Waals surface area contributed by atoms with E-state index in [-0.39, 0.29) is 23.1 Å². The van der Waals surface area contributed by atoms with Gasteiger partial charge in [0.05, 0.1) is 17.2 Å². The van der Waals surface area contributed by atoms with E-state index in [0.717, 1.165) is 9.79 Å². The van der Waals surface area contributed by atoms with Crippen molar-refractivity contribution >= 4 is 33.2 Å². The van der Waals surface area contributed by atoms with Crippen molar-refractivity contribution in [2.24, 2.45) is 0 Å². The molecule has 1 N–H and O–H groups in total. The van der Waals surface area contributed by atoms with E-state index in [9.17, 15) is 18.5 Å². The standard InChI is InChI=1S/C22H23N3O3S2/c1-2-25(18-12-13-30(27,28)16-18)15-17(14-23)22(26)24-20-10-6-7-11-21(20)29-19-8-4-3-5-9-19/h3-11,15,18H,2,12-13,16H2,1H3,(H,24,26)/b17-15-. The lowest BCUT2D eigenvalue weighted by Gasteiger charge is -2.25. The van der Waals surface area contributed by atoms with Gasteiger partial charge in [0, 0.05) is 28.6 Å². The molecule has 1 fully saturated rings. The summed E-state index contributed by atoms with van der Waals surface area (Å²) in [6, 6.07) is 19.0. The van der Waals surface area contributed by atoms with Crippen LogP contribution in [-0.4, -0.2) is 43.3 Å². The van der Waals surface area contributed by atoms with Crippen molar-refractivity contribution < 1.29 is 13.2 Å². The van der Waals surface area contributed by atoms with Crippen LogP contribution in [0, 0.1) is 11.3 Å². The van der Waals surface area contributed by atoms with E-state index in [1.54, 1.807) is 11.0 Å². The monoisotopic (exact) mass is 441 g/mol. The van der Waals surface area contributed by atoms with Gasteiger partial charge < -0.3 is 10.2 Å². The van der Waals surface area contributed by atoms with E-state index in [4.69, 9.17) is 0 Å². The summed E-state index contributed by atoms with van der Waals surface area (Å²) in [4.78, 5) is 16.5. The van der Waals surface area contributed by atoms with Crippen LogP contribution in [0.1, 0.15) is 13.3 Å². The fourth-order valence-electron chi connectivity index (χ4n) is 3.26. The molecule has 0 aromatic heterocycles. The molecule has 1 atom stereocenters. The van der Waals surface area contributed by atoms with Crippen LogP contribution >= 0.6 is 11.8 Å². The van der Waals surface area contributed by atoms with Crippen molar-refractivity contribution in [3.05, 3.63) is 66.4 Å². The number of anilines is 1. The lowest BCUT2D eigenvalue weighted by Crippen LogP contribution is -2.32. The van der Waals surface area contributed by atoms with E-state index in [2.05, 4.69) is 5.32 Å². The van der Waals surface area contributed by atoms with Crippen LogP contribution in [0.3, 0.4) is 0 Å². The molecule has 1 amide bonds. The van der Waals surface area contributed by atoms with Gasteiger partial charge in [0.2, 0.25) is 0 Å². The minimum Gasteiger partial charge on any atom is -0.372 e. The molecule has 2 aromatic carbocycles. The molecule has 1 aliphatic heterocycles. The molecule has 3 rings (SSSR count). The first-order chi connectivity index (χ1) is 14.4. The lowest BCUT2D eigenvalue weighted by molar-refractivity contribution is -0.112. The van der Waals surface area contributed by atoms with Crippen LogP contribution in [0.15, 0.2) is 76.2 Å². The van der Waals surface area contributed by atoms with Crippen LogP contribution in [0.4, 0.5) is 5.69 Å². The van der Waals surface area contributed by atoms with Crippen molar-refractivity contribution in [1.29, 1.82) is 5.26 Å². The van der Waals surface area contributed by atoms with Gasteiger partial charge in [-0.3, -0.25) is 4.79 Å². The van der Waals surface area contributed by atoms with Gasteiger partial charge in [0.1, 0.15) is 11.6 Å². The maximum Gasteiger partial charge on any atom is 0.267 e. The number of nitrogens with one attached hydrogen (secondary N) is 1. The van der Waals surface area contributed by atoms with Crippen molar-refractivity contribution in [3.63, 3.8) is 0 Å². The van der Waals surface area contributed by atoms with Crippen LogP contribution in [-0.2, 0) is 14.6 Å². The fourth-order valence-corrected chi connectivity index (χ4v) is 5.93. The second-order valence-corrected chi connectivity index (χ2v) is 10.3. The first kappa shape index (κ1) is 21.9. The topological polar surface area (TPSA) is 90.3 Å². The molecule has 0 bridgehead atoms. The van der Waals surface area contributed by atoms with E-state index in [1.807, 2.05) is 61.5 Å². The van der Waals surface area contributed by atoms with Gasteiger partial charge in [-0.25, -0.2) is 8.42 Å². The molecule has 0 radical (unpaired) electrons. The van der Waals surface area contributed by atoms with Gasteiger partial charge in [0.25, 0.3) is 5.91 Å². The van der Waals surface area contributed by atoms with Gasteiger partial charge in [-0.1, -0.05) is 42.1 Å². The fraction of sp³-hybridized carbons (Fsp3) is 0.273. The van der Waals surface area contributed by atoms with Crippen molar-refractivity contribution in [2.45, 2.75) is 29.2 Å². The number of amides is 1. The Morgan fingerprint density at radius 3 is 2.57 bits per heavy atom. The molecule has 6 nitrogen and oxygen atoms in total. The minimum absolute atomic E-state index is 0.0498. The highest BCUT2D eigenvalue weighted by Crippen LogP contribution is 2.33. The molecule has 0 aliphatic carbocycles. The molecule has 2 aromatic rings. The number of carbonyl (C=O) groups is 1. The molecule has 1 aliphatic rings. The summed E-state index contributed by atoms with van der Waals surface area (Å²) < 4.78 is 23.6. The summed E-state index contributed by atoms with van der Waals surface area (Å²) in [5.74, 6) is -0.327. The molecule has 1 unspecified atom stereocenters. The third kappa shape index (κ3) is 5.65. The molecule has 1 saturated heterocycles. The average Bonchev–Trinajstić information content (AvgIpc) is 3.10. The molecule has 30 heavy (non-hydrogen) atoms. The summed E-state index contributed by atoms with van der Waals surface area (Å²) in [6.45, 7) is 2.39. The predicted molar refractivity (Wildman–Crippen MR) is 119 cm³/mol. The molecule has 1 heterocycles. The Labute approximate surface area is 181 Å². The normalized spacial score (nSPS) is 17.9. The Kier molecular flexibility index (Phi) is 7.19. The molecule has 0 spiro atoms. The minimum atomic E-state index is -3.05. The third-order valence-corrected chi connectivity index (χ3v) is 7.64. The highest BCUT2D eigenvalue weighted by Gasteiger charge is 2.31. The zero-order chi connectivity index (χ0) is 21.6. The van der Waals surface area contributed by atoms with Crippen molar-refractivity contribution in [3.8, 4) is 6.07 Å². The Morgan fingerprint density at radius 1 is 1.23 bits per heavy atom. The van der Waals surface area contributed by atoms with Crippen LogP contribution in [0.5, 0.6) is 0 Å². The number of carbonyl (C=O) groups excluding carboxylic acids is 1. The molecule has 0 saturated carbocycles. The second kappa shape index (κ2) is 9.83. The summed E-state index contributed by atoms with van der Waals surface area (Å²) in [6.07, 6.45) is 1.98. The van der Waals surface area contributed by atoms with Gasteiger partial charge >= 0.3 is 0 Å². The van der Waals surface area contributed by atoms with Gasteiger partial charge in [-0.05, 0) is 37.6 Å². The summed E-state index contributed by atoms with van der Waals surface area (Å²) in [7, 11) is -3.05. The van der Waals surface area contributed by atoms with Crippen LogP contribution in [0.25, 0.3) is 0 Å².